The minimum Gasteiger partial charge on any atom is -0.330 e. The molecule has 0 heterocycles. The Bertz CT molecular complexity index is 430. The molecule has 0 bridgehead atoms. The van der Waals surface area contributed by atoms with Crippen molar-refractivity contribution in [2.75, 3.05) is 17.2 Å². The minimum atomic E-state index is -0.140. The zero-order chi connectivity index (χ0) is 12.8. The quantitative estimate of drug-likeness (QED) is 0.734. The van der Waals surface area contributed by atoms with E-state index in [1.165, 1.54) is 6.92 Å². The van der Waals surface area contributed by atoms with Crippen LogP contribution in [0.15, 0.2) is 18.2 Å². The van der Waals surface area contributed by atoms with Gasteiger partial charge < -0.3 is 16.4 Å². The van der Waals surface area contributed by atoms with E-state index in [1.807, 2.05) is 13.0 Å². The van der Waals surface area contributed by atoms with Gasteiger partial charge in [0, 0.05) is 31.3 Å². The summed E-state index contributed by atoms with van der Waals surface area (Å²) < 4.78 is 0. The molecule has 92 valence electrons. The standard InChI is InChI=1S/C12H17N3O2/c1-8-3-4-10(15-12(17)5-6-13)7-11(8)14-9(2)16/h3-4,7H,5-6,13H2,1-2H3,(H,14,16)(H,15,17). The highest BCUT2D eigenvalue weighted by Crippen LogP contribution is 2.20. The maximum Gasteiger partial charge on any atom is 0.225 e. The summed E-state index contributed by atoms with van der Waals surface area (Å²) in [5, 5.41) is 5.42. The molecule has 0 unspecified atom stereocenters. The molecule has 0 aromatic heterocycles. The van der Waals surface area contributed by atoms with Crippen LogP contribution >= 0.6 is 0 Å². The van der Waals surface area contributed by atoms with Crippen molar-refractivity contribution < 1.29 is 9.59 Å². The third kappa shape index (κ3) is 4.24. The zero-order valence-electron chi connectivity index (χ0n) is 10.0. The predicted molar refractivity (Wildman–Crippen MR) is 67.8 cm³/mol. The van der Waals surface area contributed by atoms with Crippen LogP contribution in [0.25, 0.3) is 0 Å². The number of hydrogen-bond acceptors (Lipinski definition) is 3. The summed E-state index contributed by atoms with van der Waals surface area (Å²) >= 11 is 0. The Balaban J connectivity index is 2.81. The van der Waals surface area contributed by atoms with Gasteiger partial charge in [-0.25, -0.2) is 0 Å². The van der Waals surface area contributed by atoms with Crippen molar-refractivity contribution in [2.45, 2.75) is 20.3 Å². The van der Waals surface area contributed by atoms with E-state index in [0.29, 0.717) is 17.9 Å². The topological polar surface area (TPSA) is 84.2 Å². The second-order valence-electron chi connectivity index (χ2n) is 3.80. The molecule has 4 N–H and O–H groups in total. The van der Waals surface area contributed by atoms with Gasteiger partial charge in [-0.15, -0.1) is 0 Å². The predicted octanol–water partition coefficient (Wildman–Crippen LogP) is 1.24. The lowest BCUT2D eigenvalue weighted by molar-refractivity contribution is -0.116. The summed E-state index contributed by atoms with van der Waals surface area (Å²) in [5.74, 6) is -0.274. The summed E-state index contributed by atoms with van der Waals surface area (Å²) in [7, 11) is 0. The number of amides is 2. The third-order valence-corrected chi connectivity index (χ3v) is 2.20. The summed E-state index contributed by atoms with van der Waals surface area (Å²) in [6.07, 6.45) is 0.281. The molecule has 0 saturated heterocycles. The Morgan fingerprint density at radius 2 is 2.00 bits per heavy atom. The number of hydrogen-bond donors (Lipinski definition) is 3. The van der Waals surface area contributed by atoms with E-state index < -0.39 is 0 Å². The lowest BCUT2D eigenvalue weighted by Gasteiger charge is -2.10. The number of aryl methyl sites for hydroxylation is 1. The van der Waals surface area contributed by atoms with E-state index in [9.17, 15) is 9.59 Å². The number of carbonyl (C=O) groups excluding carboxylic acids is 2. The second kappa shape index (κ2) is 6.00. The van der Waals surface area contributed by atoms with E-state index in [0.717, 1.165) is 5.56 Å². The van der Waals surface area contributed by atoms with Crippen molar-refractivity contribution in [3.63, 3.8) is 0 Å². The van der Waals surface area contributed by atoms with Crippen LogP contribution in [0.4, 0.5) is 11.4 Å². The van der Waals surface area contributed by atoms with Crippen molar-refractivity contribution in [3.8, 4) is 0 Å². The Hall–Kier alpha value is -1.88. The molecule has 1 aromatic carbocycles. The van der Waals surface area contributed by atoms with Crippen LogP contribution < -0.4 is 16.4 Å². The third-order valence-electron chi connectivity index (χ3n) is 2.20. The molecule has 0 aliphatic heterocycles. The van der Waals surface area contributed by atoms with Gasteiger partial charge in [0.2, 0.25) is 11.8 Å². The molecule has 0 radical (unpaired) electrons. The fourth-order valence-corrected chi connectivity index (χ4v) is 1.38. The lowest BCUT2D eigenvalue weighted by Crippen LogP contribution is -2.16. The van der Waals surface area contributed by atoms with Crippen LogP contribution in [0.2, 0.25) is 0 Å². The number of nitrogens with one attached hydrogen (secondary N) is 2. The van der Waals surface area contributed by atoms with Crippen molar-refractivity contribution in [3.05, 3.63) is 23.8 Å². The highest BCUT2D eigenvalue weighted by Gasteiger charge is 2.04. The second-order valence-corrected chi connectivity index (χ2v) is 3.80. The first-order chi connectivity index (χ1) is 8.02. The van der Waals surface area contributed by atoms with Gasteiger partial charge in [0.25, 0.3) is 0 Å². The highest BCUT2D eigenvalue weighted by atomic mass is 16.2. The van der Waals surface area contributed by atoms with E-state index >= 15 is 0 Å². The average Bonchev–Trinajstić information content (AvgIpc) is 2.22. The first-order valence-corrected chi connectivity index (χ1v) is 5.41. The maximum absolute atomic E-state index is 11.4. The number of anilines is 2. The van der Waals surface area contributed by atoms with Crippen molar-refractivity contribution >= 4 is 23.2 Å². The largest absolute Gasteiger partial charge is 0.330 e. The van der Waals surface area contributed by atoms with E-state index in [-0.39, 0.29) is 18.2 Å². The van der Waals surface area contributed by atoms with Gasteiger partial charge in [-0.3, -0.25) is 9.59 Å². The van der Waals surface area contributed by atoms with Gasteiger partial charge in [-0.1, -0.05) is 6.07 Å². The molecule has 0 spiro atoms. The average molecular weight is 235 g/mol. The van der Waals surface area contributed by atoms with E-state index in [2.05, 4.69) is 10.6 Å². The van der Waals surface area contributed by atoms with Crippen LogP contribution in [-0.4, -0.2) is 18.4 Å². The fourth-order valence-electron chi connectivity index (χ4n) is 1.38. The molecule has 0 saturated carbocycles. The van der Waals surface area contributed by atoms with Crippen molar-refractivity contribution in [2.24, 2.45) is 5.73 Å². The molecule has 2 amide bonds. The van der Waals surface area contributed by atoms with Gasteiger partial charge in [-0.05, 0) is 24.6 Å². The Morgan fingerprint density at radius 1 is 1.29 bits per heavy atom. The molecule has 1 aromatic rings. The number of rotatable bonds is 4. The van der Waals surface area contributed by atoms with Gasteiger partial charge in [0.15, 0.2) is 0 Å². The molecular formula is C12H17N3O2. The normalized spacial score (nSPS) is 9.82. The highest BCUT2D eigenvalue weighted by molar-refractivity contribution is 5.93. The maximum atomic E-state index is 11.4. The summed E-state index contributed by atoms with van der Waals surface area (Å²) in [6.45, 7) is 3.64. The molecule has 0 aliphatic carbocycles. The number of nitrogens with two attached hydrogens (primary N) is 1. The number of benzene rings is 1. The molecule has 0 atom stereocenters. The Labute approximate surface area is 100 Å². The molecule has 5 heteroatoms. The molecule has 17 heavy (non-hydrogen) atoms. The molecule has 0 aliphatic rings. The summed E-state index contributed by atoms with van der Waals surface area (Å²) in [5.41, 5.74) is 7.57. The van der Waals surface area contributed by atoms with Gasteiger partial charge in [0.1, 0.15) is 0 Å². The van der Waals surface area contributed by atoms with Crippen LogP contribution in [0.1, 0.15) is 18.9 Å². The molecule has 5 nitrogen and oxygen atoms in total. The van der Waals surface area contributed by atoms with E-state index in [4.69, 9.17) is 5.73 Å². The first-order valence-electron chi connectivity index (χ1n) is 5.41. The first kappa shape index (κ1) is 13.2. The van der Waals surface area contributed by atoms with Crippen LogP contribution in [0, 0.1) is 6.92 Å². The minimum absolute atomic E-state index is 0.134. The van der Waals surface area contributed by atoms with Gasteiger partial charge >= 0.3 is 0 Å². The number of carbonyl (C=O) groups is 2. The smallest absolute Gasteiger partial charge is 0.225 e. The SMILES string of the molecule is CC(=O)Nc1cc(NC(=O)CCN)ccc1C. The van der Waals surface area contributed by atoms with Crippen molar-refractivity contribution in [1.29, 1.82) is 0 Å². The Morgan fingerprint density at radius 3 is 2.59 bits per heavy atom. The molecule has 0 fully saturated rings. The van der Waals surface area contributed by atoms with Gasteiger partial charge in [-0.2, -0.15) is 0 Å². The van der Waals surface area contributed by atoms with Crippen LogP contribution in [0.5, 0.6) is 0 Å². The monoisotopic (exact) mass is 235 g/mol. The van der Waals surface area contributed by atoms with Crippen LogP contribution in [0.3, 0.4) is 0 Å². The Kier molecular flexibility index (Phi) is 4.66. The lowest BCUT2D eigenvalue weighted by atomic mass is 10.1. The van der Waals surface area contributed by atoms with Gasteiger partial charge in [0.05, 0.1) is 0 Å². The molecule has 1 rings (SSSR count). The van der Waals surface area contributed by atoms with E-state index in [1.54, 1.807) is 12.1 Å². The summed E-state index contributed by atoms with van der Waals surface area (Å²) in [6, 6.07) is 5.35. The zero-order valence-corrected chi connectivity index (χ0v) is 10.0. The summed E-state index contributed by atoms with van der Waals surface area (Å²) in [4.78, 5) is 22.3. The van der Waals surface area contributed by atoms with Crippen LogP contribution in [-0.2, 0) is 9.59 Å². The van der Waals surface area contributed by atoms with Crippen molar-refractivity contribution in [1.82, 2.24) is 0 Å². The molecular weight excluding hydrogens is 218 g/mol. The fraction of sp³-hybridized carbons (Fsp3) is 0.333.